The Kier molecular flexibility index (Phi) is 24.8. The Bertz CT molecular complexity index is 1710. The van der Waals surface area contributed by atoms with Crippen molar-refractivity contribution in [3.63, 3.8) is 0 Å². The normalized spacial score (nSPS) is 22.5. The van der Waals surface area contributed by atoms with Gasteiger partial charge in [0.25, 0.3) is 0 Å². The number of rotatable bonds is 33. The standard InChI is InChI=1S/C53H85N3O11/c1-7-10-12-13-14-15-16-17-18-21-28-54-50(60)65-41-26-27-46-44(38-41)48-42(25-20-23-31-58)40(24-19-22-30-57)37-43-45(55-67-52(4,5)6)39-47(53(66-46,49(43)48)64-33-9-3)56(29-35-62-36-32-59)51(61)63-34-11-8-2/h8-9,26-27,37-38,40,42,47-49,57-59H,2-3,7,10-25,28-36,39H2,1,4-6H3,(H,54,60). The number of hydrogen-bond donors (Lipinski definition) is 4. The summed E-state index contributed by atoms with van der Waals surface area (Å²) < 4.78 is 31.9. The third-order valence-corrected chi connectivity index (χ3v) is 13.0. The fourth-order valence-corrected chi connectivity index (χ4v) is 9.87. The first-order valence-corrected chi connectivity index (χ1v) is 25.4. The van der Waals surface area contributed by atoms with Gasteiger partial charge < -0.3 is 49.2 Å². The summed E-state index contributed by atoms with van der Waals surface area (Å²) in [5, 5.41) is 37.3. The van der Waals surface area contributed by atoms with E-state index in [2.05, 4.69) is 31.5 Å². The number of fused-ring (bicyclic) bond motifs is 2. The monoisotopic (exact) mass is 940 g/mol. The van der Waals surface area contributed by atoms with Gasteiger partial charge in [-0.05, 0) is 94.9 Å². The number of aliphatic hydroxyl groups excluding tert-OH is 3. The second-order valence-corrected chi connectivity index (χ2v) is 19.2. The number of amides is 2. The van der Waals surface area contributed by atoms with Crippen LogP contribution in [0.3, 0.4) is 0 Å². The van der Waals surface area contributed by atoms with Crippen LogP contribution in [0, 0.1) is 17.8 Å². The molecule has 2 amide bonds. The third-order valence-electron chi connectivity index (χ3n) is 13.0. The van der Waals surface area contributed by atoms with Crippen LogP contribution in [0.25, 0.3) is 0 Å². The maximum atomic E-state index is 14.4. The predicted molar refractivity (Wildman–Crippen MR) is 262 cm³/mol. The molecule has 6 atom stereocenters. The maximum absolute atomic E-state index is 14.4. The van der Waals surface area contributed by atoms with E-state index in [0.29, 0.717) is 43.0 Å². The molecule has 3 aliphatic rings. The number of carbonyl (C=O) groups excluding carboxylic acids is 2. The molecule has 1 aromatic rings. The van der Waals surface area contributed by atoms with E-state index in [-0.39, 0.29) is 77.0 Å². The smallest absolute Gasteiger partial charge is 0.412 e. The number of hydrogen-bond acceptors (Lipinski definition) is 12. The summed E-state index contributed by atoms with van der Waals surface area (Å²) in [7, 11) is 0. The first-order chi connectivity index (χ1) is 32.5. The zero-order valence-corrected chi connectivity index (χ0v) is 41.4. The van der Waals surface area contributed by atoms with Crippen molar-refractivity contribution in [3.05, 3.63) is 60.7 Å². The van der Waals surface area contributed by atoms with Gasteiger partial charge in [-0.15, -0.1) is 13.2 Å². The lowest BCUT2D eigenvalue weighted by Gasteiger charge is -2.59. The Hall–Kier alpha value is -3.95. The predicted octanol–water partition coefficient (Wildman–Crippen LogP) is 10.2. The number of aliphatic hydroxyl groups is 3. The maximum Gasteiger partial charge on any atom is 0.412 e. The molecule has 1 saturated carbocycles. The minimum atomic E-state index is -1.52. The van der Waals surface area contributed by atoms with Crippen molar-refractivity contribution in [2.24, 2.45) is 22.9 Å². The van der Waals surface area contributed by atoms with Gasteiger partial charge >= 0.3 is 12.2 Å². The molecule has 67 heavy (non-hydrogen) atoms. The summed E-state index contributed by atoms with van der Waals surface area (Å²) in [6, 6.07) is 4.61. The molecule has 1 aromatic carbocycles. The van der Waals surface area contributed by atoms with Gasteiger partial charge in [0.15, 0.2) is 0 Å². The van der Waals surface area contributed by atoms with Crippen molar-refractivity contribution in [3.8, 4) is 11.5 Å². The highest BCUT2D eigenvalue weighted by molar-refractivity contribution is 6.03. The summed E-state index contributed by atoms with van der Waals surface area (Å²) in [6.07, 6.45) is 21.5. The molecule has 1 heterocycles. The minimum Gasteiger partial charge on any atom is -0.459 e. The van der Waals surface area contributed by atoms with Crippen molar-refractivity contribution in [2.45, 2.75) is 167 Å². The van der Waals surface area contributed by atoms with Crippen LogP contribution < -0.4 is 14.8 Å². The van der Waals surface area contributed by atoms with Gasteiger partial charge in [-0.2, -0.15) is 0 Å². The van der Waals surface area contributed by atoms with Crippen molar-refractivity contribution in [1.82, 2.24) is 10.2 Å². The van der Waals surface area contributed by atoms with E-state index in [4.69, 9.17) is 33.7 Å². The molecule has 4 N–H and O–H groups in total. The van der Waals surface area contributed by atoms with Crippen molar-refractivity contribution >= 4 is 17.9 Å². The molecular formula is C53H85N3O11. The van der Waals surface area contributed by atoms with Crippen LogP contribution in [-0.2, 0) is 19.0 Å². The Morgan fingerprint density at radius 2 is 1.60 bits per heavy atom. The molecule has 14 heteroatoms. The van der Waals surface area contributed by atoms with E-state index < -0.39 is 35.5 Å². The lowest BCUT2D eigenvalue weighted by Crippen LogP contribution is -2.70. The summed E-state index contributed by atoms with van der Waals surface area (Å²) in [6.45, 7) is 16.8. The van der Waals surface area contributed by atoms with Gasteiger partial charge in [0, 0.05) is 44.2 Å². The molecule has 0 saturated heterocycles. The molecule has 1 fully saturated rings. The summed E-state index contributed by atoms with van der Waals surface area (Å²) in [5.41, 5.74) is 1.71. The van der Waals surface area contributed by atoms with Crippen LogP contribution in [0.2, 0.25) is 0 Å². The number of unbranched alkanes of at least 4 members (excludes halogenated alkanes) is 11. The molecule has 0 bridgehead atoms. The van der Waals surface area contributed by atoms with Gasteiger partial charge in [-0.3, -0.25) is 4.90 Å². The second kappa shape index (κ2) is 29.8. The number of carbonyl (C=O) groups is 2. The first kappa shape index (κ1) is 55.6. The Morgan fingerprint density at radius 3 is 2.25 bits per heavy atom. The average Bonchev–Trinajstić information content (AvgIpc) is 3.30. The van der Waals surface area contributed by atoms with Crippen molar-refractivity contribution < 1.29 is 53.4 Å². The number of allylic oxidation sites excluding steroid dienone is 1. The van der Waals surface area contributed by atoms with E-state index in [1.807, 2.05) is 32.9 Å². The molecule has 0 radical (unpaired) electrons. The molecular weight excluding hydrogens is 855 g/mol. The number of benzene rings is 1. The first-order valence-electron chi connectivity index (χ1n) is 25.4. The summed E-state index contributed by atoms with van der Waals surface area (Å²) in [5.74, 6) is -1.53. The van der Waals surface area contributed by atoms with E-state index in [1.165, 1.54) is 44.9 Å². The lowest BCUT2D eigenvalue weighted by atomic mass is 9.55. The number of nitrogens with zero attached hydrogens (tertiary/aromatic N) is 2. The van der Waals surface area contributed by atoms with Crippen LogP contribution in [0.15, 0.2) is 60.3 Å². The number of ether oxygens (including phenoxy) is 5. The molecule has 0 aromatic heterocycles. The molecule has 1 aliphatic heterocycles. The van der Waals surface area contributed by atoms with Crippen LogP contribution >= 0.6 is 0 Å². The fraction of sp³-hybridized carbons (Fsp3) is 0.717. The van der Waals surface area contributed by atoms with Crippen LogP contribution in [-0.4, -0.2) is 115 Å². The van der Waals surface area contributed by atoms with Crippen molar-refractivity contribution in [2.75, 3.05) is 59.3 Å². The number of oxime groups is 1. The van der Waals surface area contributed by atoms with Crippen LogP contribution in [0.4, 0.5) is 9.59 Å². The zero-order chi connectivity index (χ0) is 48.5. The van der Waals surface area contributed by atoms with E-state index in [0.717, 1.165) is 56.1 Å². The number of nitrogens with one attached hydrogen (secondary N) is 1. The van der Waals surface area contributed by atoms with E-state index in [1.54, 1.807) is 23.1 Å². The van der Waals surface area contributed by atoms with E-state index >= 15 is 0 Å². The third kappa shape index (κ3) is 16.9. The fourth-order valence-electron chi connectivity index (χ4n) is 9.87. The molecule has 14 nitrogen and oxygen atoms in total. The zero-order valence-electron chi connectivity index (χ0n) is 41.4. The Labute approximate surface area is 401 Å². The van der Waals surface area contributed by atoms with Crippen molar-refractivity contribution in [1.29, 1.82) is 0 Å². The Balaban J connectivity index is 1.82. The summed E-state index contributed by atoms with van der Waals surface area (Å²) in [4.78, 5) is 35.6. The van der Waals surface area contributed by atoms with Gasteiger partial charge in [0.1, 0.15) is 23.1 Å². The molecule has 4 rings (SSSR count). The SMILES string of the molecule is C=CCCOC(=O)N(CCOCCO)C1CC(=NOC(C)(C)C)C2=CC(CCCCO)C(CCCCO)C3c4cc(OC(=O)NCCCCCCCCCCCC)ccc4OC1(OCC=C)C23. The lowest BCUT2D eigenvalue weighted by molar-refractivity contribution is -0.256. The minimum absolute atomic E-state index is 0.0155. The highest BCUT2D eigenvalue weighted by Crippen LogP contribution is 2.62. The van der Waals surface area contributed by atoms with Gasteiger partial charge in [-0.25, -0.2) is 9.59 Å². The summed E-state index contributed by atoms with van der Waals surface area (Å²) >= 11 is 0. The molecule has 0 spiro atoms. The van der Waals surface area contributed by atoms with Gasteiger partial charge in [-0.1, -0.05) is 101 Å². The highest BCUT2D eigenvalue weighted by atomic mass is 16.7. The largest absolute Gasteiger partial charge is 0.459 e. The van der Waals surface area contributed by atoms with Crippen LogP contribution in [0.5, 0.6) is 11.5 Å². The second-order valence-electron chi connectivity index (χ2n) is 19.2. The molecule has 378 valence electrons. The Morgan fingerprint density at radius 1 is 0.896 bits per heavy atom. The molecule has 2 aliphatic carbocycles. The van der Waals surface area contributed by atoms with Gasteiger partial charge in [0.05, 0.1) is 44.7 Å². The van der Waals surface area contributed by atoms with Crippen LogP contribution in [0.1, 0.15) is 155 Å². The molecule has 6 unspecified atom stereocenters. The quantitative estimate of drug-likeness (QED) is 0.0300. The highest BCUT2D eigenvalue weighted by Gasteiger charge is 2.65. The van der Waals surface area contributed by atoms with Gasteiger partial charge in [0.2, 0.25) is 5.79 Å². The average molecular weight is 940 g/mol. The topological polar surface area (TPSA) is 178 Å². The van der Waals surface area contributed by atoms with E-state index in [9.17, 15) is 24.9 Å².